The first-order valence-electron chi connectivity index (χ1n) is 27.1. The van der Waals surface area contributed by atoms with Crippen LogP contribution < -0.4 is 60.6 Å². The molecule has 0 saturated carbocycles. The number of nitrogens with two attached hydrogens (primary N) is 5. The highest BCUT2D eigenvalue weighted by Gasteiger charge is 2.48. The first-order valence-corrected chi connectivity index (χ1v) is 27.1. The summed E-state index contributed by atoms with van der Waals surface area (Å²) in [5.74, 6) is -7.31. The number of nitrogens with zero attached hydrogens (tertiary/aromatic N) is 4. The van der Waals surface area contributed by atoms with Crippen molar-refractivity contribution in [3.8, 4) is 0 Å². The molecule has 26 heteroatoms. The quantitative estimate of drug-likeness (QED) is 0.0192. The number of aliphatic imine (C=N–C) groups is 2. The molecule has 26 nitrogen and oxygen atoms in total. The largest absolute Gasteiger partial charge is 0.480 e. The predicted octanol–water partition coefficient (Wildman–Crippen LogP) is -3.33. The first kappa shape index (κ1) is 61.6. The van der Waals surface area contributed by atoms with Gasteiger partial charge in [-0.1, -0.05) is 84.9 Å². The van der Waals surface area contributed by atoms with Crippen LogP contribution in [0.4, 0.5) is 0 Å². The number of rotatable bonds is 28. The standard InChI is InChI=1S/C55H75N15O11/c56-37(19-9-23-61-53(57)58)49(77)70-26-12-22-43(70)50(78)69-25-11-21-42(69)48(76)63-31-44(72)64-39(27-33-13-3-1-4-14-33)45(73)66-41(32-71)47(75)68-55(29-35-17-7-8-18-36(35)30-55)52(81)67-40(28-34-15-5-2-6-16-34)46(74)65-38(51(79)80)20-10-24-62-54(59)60/h1-8,13-18,37-43,71H,9-12,19-32,56H2,(H,63,76)(H,64,72)(H,65,74)(H,66,73)(H,67,81)(H,68,75)(H,79,80)(H4,57,58,61)(H4,59,60,62)/t37-,38-,39-,40-,41-,42-,43-/m0/s1. The van der Waals surface area contributed by atoms with E-state index in [4.69, 9.17) is 28.7 Å². The smallest absolute Gasteiger partial charge is 0.326 e. The Morgan fingerprint density at radius 1 is 0.617 bits per heavy atom. The molecular formula is C55H75N15O11. The normalized spacial score (nSPS) is 17.9. The Hall–Kier alpha value is -8.65. The zero-order chi connectivity index (χ0) is 58.6. The van der Waals surface area contributed by atoms with E-state index < -0.39 is 114 Å². The van der Waals surface area contributed by atoms with Crippen LogP contribution in [-0.2, 0) is 68.8 Å². The van der Waals surface area contributed by atoms with Crippen molar-refractivity contribution in [2.45, 2.75) is 125 Å². The zero-order valence-corrected chi connectivity index (χ0v) is 45.1. The Bertz CT molecular complexity index is 2750. The number of carbonyl (C=O) groups excluding carboxylic acids is 8. The van der Waals surface area contributed by atoms with Gasteiger partial charge in [-0.3, -0.25) is 48.3 Å². The molecule has 436 valence electrons. The molecule has 81 heavy (non-hydrogen) atoms. The Kier molecular flexibility index (Phi) is 22.4. The topological polar surface area (TPSA) is 428 Å². The lowest BCUT2D eigenvalue weighted by Crippen LogP contribution is -2.66. The zero-order valence-electron chi connectivity index (χ0n) is 45.1. The number of hydrogen-bond acceptors (Lipinski definition) is 13. The van der Waals surface area contributed by atoms with Crippen LogP contribution in [0.5, 0.6) is 0 Å². The van der Waals surface area contributed by atoms with Crippen LogP contribution in [0, 0.1) is 0 Å². The molecule has 3 aliphatic rings. The number of aliphatic carboxylic acids is 1. The van der Waals surface area contributed by atoms with Gasteiger partial charge in [0.2, 0.25) is 47.3 Å². The van der Waals surface area contributed by atoms with E-state index in [1.807, 2.05) is 0 Å². The molecule has 2 fully saturated rings. The molecule has 0 aromatic heterocycles. The number of carboxylic acids is 1. The van der Waals surface area contributed by atoms with Gasteiger partial charge in [0.15, 0.2) is 11.9 Å². The number of benzene rings is 3. The van der Waals surface area contributed by atoms with Crippen molar-refractivity contribution in [2.75, 3.05) is 39.3 Å². The van der Waals surface area contributed by atoms with Crippen molar-refractivity contribution in [2.24, 2.45) is 38.7 Å². The first-order chi connectivity index (χ1) is 38.8. The lowest BCUT2D eigenvalue weighted by molar-refractivity contribution is -0.147. The van der Waals surface area contributed by atoms with Gasteiger partial charge < -0.3 is 80.6 Å². The molecule has 18 N–H and O–H groups in total. The molecule has 0 spiro atoms. The molecule has 8 amide bonds. The number of amides is 8. The van der Waals surface area contributed by atoms with Crippen molar-refractivity contribution in [3.63, 3.8) is 0 Å². The summed E-state index contributed by atoms with van der Waals surface area (Å²) in [7, 11) is 0. The highest BCUT2D eigenvalue weighted by molar-refractivity contribution is 6.00. The molecule has 3 aromatic carbocycles. The number of hydrogen-bond donors (Lipinski definition) is 13. The van der Waals surface area contributed by atoms with E-state index in [0.29, 0.717) is 67.3 Å². The molecule has 2 heterocycles. The molecule has 3 aromatic rings. The lowest BCUT2D eigenvalue weighted by atomic mass is 9.92. The highest BCUT2D eigenvalue weighted by atomic mass is 16.4. The van der Waals surface area contributed by atoms with E-state index in [1.54, 1.807) is 84.9 Å². The third kappa shape index (κ3) is 17.4. The number of nitrogens with one attached hydrogen (secondary N) is 6. The maximum atomic E-state index is 14.8. The van der Waals surface area contributed by atoms with Gasteiger partial charge in [0.1, 0.15) is 41.8 Å². The fraction of sp³-hybridized carbons (Fsp3) is 0.473. The second-order valence-electron chi connectivity index (χ2n) is 20.5. The van der Waals surface area contributed by atoms with Crippen molar-refractivity contribution in [3.05, 3.63) is 107 Å². The van der Waals surface area contributed by atoms with E-state index >= 15 is 0 Å². The van der Waals surface area contributed by atoms with E-state index in [1.165, 1.54) is 9.80 Å². The number of likely N-dealkylation sites (tertiary alicyclic amines) is 2. The number of carboxylic acid groups (broad SMARTS) is 1. The van der Waals surface area contributed by atoms with Crippen LogP contribution in [0.1, 0.15) is 73.6 Å². The molecule has 0 radical (unpaired) electrons. The Morgan fingerprint density at radius 2 is 1.12 bits per heavy atom. The van der Waals surface area contributed by atoms with E-state index in [-0.39, 0.29) is 70.1 Å². The minimum atomic E-state index is -1.80. The van der Waals surface area contributed by atoms with Crippen molar-refractivity contribution in [1.82, 2.24) is 41.7 Å². The van der Waals surface area contributed by atoms with Gasteiger partial charge in [-0.2, -0.15) is 0 Å². The Balaban J connectivity index is 1.13. The third-order valence-corrected chi connectivity index (χ3v) is 14.5. The Morgan fingerprint density at radius 3 is 1.67 bits per heavy atom. The number of carbonyl (C=O) groups is 9. The van der Waals surface area contributed by atoms with Gasteiger partial charge in [-0.05, 0) is 73.6 Å². The maximum absolute atomic E-state index is 14.8. The minimum absolute atomic E-state index is 0.0443. The Labute approximate surface area is 468 Å². The van der Waals surface area contributed by atoms with Crippen LogP contribution in [0.3, 0.4) is 0 Å². The molecule has 0 unspecified atom stereocenters. The fourth-order valence-corrected chi connectivity index (χ4v) is 10.3. The molecule has 1 aliphatic carbocycles. The van der Waals surface area contributed by atoms with Crippen LogP contribution in [-0.4, -0.2) is 172 Å². The second-order valence-corrected chi connectivity index (χ2v) is 20.5. The molecular weight excluding hydrogens is 1050 g/mol. The average molecular weight is 1120 g/mol. The third-order valence-electron chi connectivity index (χ3n) is 14.5. The highest BCUT2D eigenvalue weighted by Crippen LogP contribution is 2.31. The number of aliphatic hydroxyl groups excluding tert-OH is 1. The summed E-state index contributed by atoms with van der Waals surface area (Å²) in [5, 5.41) is 36.5. The summed E-state index contributed by atoms with van der Waals surface area (Å²) in [6.07, 6.45) is 2.31. The van der Waals surface area contributed by atoms with Crippen LogP contribution in [0.2, 0.25) is 0 Å². The molecule has 7 atom stereocenters. The van der Waals surface area contributed by atoms with Crippen molar-refractivity contribution < 1.29 is 53.4 Å². The molecule has 6 rings (SSSR count). The van der Waals surface area contributed by atoms with Crippen LogP contribution >= 0.6 is 0 Å². The van der Waals surface area contributed by atoms with Gasteiger partial charge in [0.05, 0.1) is 19.2 Å². The summed E-state index contributed by atoms with van der Waals surface area (Å²) in [6, 6.07) is 15.9. The minimum Gasteiger partial charge on any atom is -0.480 e. The molecule has 2 saturated heterocycles. The van der Waals surface area contributed by atoms with Crippen molar-refractivity contribution in [1.29, 1.82) is 0 Å². The molecule has 2 aliphatic heterocycles. The van der Waals surface area contributed by atoms with Gasteiger partial charge >= 0.3 is 5.97 Å². The van der Waals surface area contributed by atoms with Crippen molar-refractivity contribution >= 4 is 65.1 Å². The summed E-state index contributed by atoms with van der Waals surface area (Å²) in [4.78, 5) is 135. The SMILES string of the molecule is NC(N)=NCCC[C@H](NC(=O)[C@H](Cc1ccccc1)NC(=O)C1(NC(=O)[C@H](CO)NC(=O)[C@H](Cc2ccccc2)NC(=O)CNC(=O)[C@@H]2CCCN2C(=O)[C@@H]2CCCN2C(=O)[C@@H](N)CCCN=C(N)N)Cc2ccccc2C1)C(=O)O. The predicted molar refractivity (Wildman–Crippen MR) is 298 cm³/mol. The summed E-state index contributed by atoms with van der Waals surface area (Å²) in [5.41, 5.74) is 28.6. The van der Waals surface area contributed by atoms with E-state index in [9.17, 15) is 53.4 Å². The summed E-state index contributed by atoms with van der Waals surface area (Å²) in [6.45, 7) is -0.613. The number of guanidine groups is 2. The van der Waals surface area contributed by atoms with E-state index in [2.05, 4.69) is 41.9 Å². The number of aliphatic hydroxyl groups is 1. The fourth-order valence-electron chi connectivity index (χ4n) is 10.3. The van der Waals surface area contributed by atoms with Gasteiger partial charge in [-0.15, -0.1) is 0 Å². The summed E-state index contributed by atoms with van der Waals surface area (Å²) >= 11 is 0. The second kappa shape index (κ2) is 29.5. The van der Waals surface area contributed by atoms with E-state index in [0.717, 1.165) is 0 Å². The van der Waals surface area contributed by atoms with Gasteiger partial charge in [0.25, 0.3) is 0 Å². The van der Waals surface area contributed by atoms with Gasteiger partial charge in [-0.25, -0.2) is 4.79 Å². The molecule has 0 bridgehead atoms. The van der Waals surface area contributed by atoms with Crippen LogP contribution in [0.25, 0.3) is 0 Å². The average Bonchev–Trinajstić information content (AvgIpc) is 4.27. The lowest BCUT2D eigenvalue weighted by Gasteiger charge is -2.33. The van der Waals surface area contributed by atoms with Crippen LogP contribution in [0.15, 0.2) is 94.9 Å². The summed E-state index contributed by atoms with van der Waals surface area (Å²) < 4.78 is 0. The number of fused-ring (bicyclic) bond motifs is 1. The maximum Gasteiger partial charge on any atom is 0.326 e. The monoisotopic (exact) mass is 1120 g/mol. The van der Waals surface area contributed by atoms with Gasteiger partial charge in [0, 0.05) is 51.9 Å².